The van der Waals surface area contributed by atoms with Crippen LogP contribution in [0, 0.1) is 0 Å². The highest BCUT2D eigenvalue weighted by Gasteiger charge is 2.11. The highest BCUT2D eigenvalue weighted by Crippen LogP contribution is 2.23. The second-order valence-corrected chi connectivity index (χ2v) is 3.92. The predicted octanol–water partition coefficient (Wildman–Crippen LogP) is 1.39. The fourth-order valence-corrected chi connectivity index (χ4v) is 1.65. The molecule has 0 fully saturated rings. The monoisotopic (exact) mass is 239 g/mol. The van der Waals surface area contributed by atoms with Gasteiger partial charge in [0.1, 0.15) is 11.5 Å². The van der Waals surface area contributed by atoms with Crippen molar-refractivity contribution in [2.45, 2.75) is 19.9 Å². The molecule has 0 radical (unpaired) electrons. The summed E-state index contributed by atoms with van der Waals surface area (Å²) >= 11 is 0. The van der Waals surface area contributed by atoms with Crippen molar-refractivity contribution in [3.63, 3.8) is 0 Å². The summed E-state index contributed by atoms with van der Waals surface area (Å²) in [6.07, 6.45) is 0.839. The van der Waals surface area contributed by atoms with Crippen molar-refractivity contribution in [3.05, 3.63) is 23.8 Å². The molecule has 0 aliphatic rings. The van der Waals surface area contributed by atoms with Crippen LogP contribution in [0.25, 0.3) is 0 Å². The zero-order chi connectivity index (χ0) is 12.8. The molecule has 0 saturated carbocycles. The van der Waals surface area contributed by atoms with E-state index in [2.05, 4.69) is 0 Å². The Balaban J connectivity index is 2.74. The summed E-state index contributed by atoms with van der Waals surface area (Å²) in [5.41, 5.74) is 0.609. The minimum Gasteiger partial charge on any atom is -0.508 e. The van der Waals surface area contributed by atoms with Crippen molar-refractivity contribution in [2.75, 3.05) is 13.1 Å². The lowest BCUT2D eigenvalue weighted by Gasteiger charge is -2.19. The summed E-state index contributed by atoms with van der Waals surface area (Å²) in [6.45, 7) is 2.90. The number of aromatic hydroxyl groups is 2. The quantitative estimate of drug-likeness (QED) is 0.699. The Labute approximate surface area is 99.9 Å². The van der Waals surface area contributed by atoms with Gasteiger partial charge < -0.3 is 15.3 Å². The zero-order valence-corrected chi connectivity index (χ0v) is 9.76. The van der Waals surface area contributed by atoms with Crippen LogP contribution in [0.3, 0.4) is 0 Å². The number of hydrogen-bond acceptors (Lipinski definition) is 4. The maximum absolute atomic E-state index is 10.7. The van der Waals surface area contributed by atoms with Gasteiger partial charge in [0, 0.05) is 18.2 Å². The van der Waals surface area contributed by atoms with E-state index in [9.17, 15) is 9.90 Å². The van der Waals surface area contributed by atoms with E-state index in [4.69, 9.17) is 10.2 Å². The molecule has 0 heterocycles. The molecular formula is C12H17NO4. The van der Waals surface area contributed by atoms with Gasteiger partial charge in [0.15, 0.2) is 0 Å². The second kappa shape index (κ2) is 6.10. The molecule has 0 amide bonds. The third kappa shape index (κ3) is 4.32. The maximum Gasteiger partial charge on any atom is 0.317 e. The predicted molar refractivity (Wildman–Crippen MR) is 63.0 cm³/mol. The van der Waals surface area contributed by atoms with Crippen molar-refractivity contribution in [3.8, 4) is 11.5 Å². The van der Waals surface area contributed by atoms with E-state index in [1.807, 2.05) is 6.92 Å². The SMILES string of the molecule is CCCN(CC(=O)O)Cc1ccc(O)cc1O. The van der Waals surface area contributed by atoms with Crippen molar-refractivity contribution in [1.29, 1.82) is 0 Å². The third-order valence-corrected chi connectivity index (χ3v) is 2.36. The van der Waals surface area contributed by atoms with Crippen LogP contribution in [0.2, 0.25) is 0 Å². The summed E-state index contributed by atoms with van der Waals surface area (Å²) in [5.74, 6) is -0.917. The average molecular weight is 239 g/mol. The summed E-state index contributed by atoms with van der Waals surface area (Å²) < 4.78 is 0. The summed E-state index contributed by atoms with van der Waals surface area (Å²) in [4.78, 5) is 12.4. The van der Waals surface area contributed by atoms with Gasteiger partial charge in [0.2, 0.25) is 0 Å². The van der Waals surface area contributed by atoms with Gasteiger partial charge in [0.05, 0.1) is 6.54 Å². The van der Waals surface area contributed by atoms with Crippen molar-refractivity contribution >= 4 is 5.97 Å². The van der Waals surface area contributed by atoms with Gasteiger partial charge >= 0.3 is 5.97 Å². The molecule has 5 nitrogen and oxygen atoms in total. The van der Waals surface area contributed by atoms with E-state index in [1.54, 1.807) is 11.0 Å². The number of carboxylic acid groups (broad SMARTS) is 1. The molecule has 1 aromatic carbocycles. The van der Waals surface area contributed by atoms with E-state index in [0.717, 1.165) is 6.42 Å². The van der Waals surface area contributed by atoms with Gasteiger partial charge in [-0.25, -0.2) is 0 Å². The molecule has 0 saturated heterocycles. The third-order valence-electron chi connectivity index (χ3n) is 2.36. The van der Waals surface area contributed by atoms with Crippen LogP contribution in [0.5, 0.6) is 11.5 Å². The molecule has 0 aromatic heterocycles. The molecule has 0 bridgehead atoms. The largest absolute Gasteiger partial charge is 0.508 e. The molecule has 0 aliphatic heterocycles. The Bertz CT molecular complexity index is 392. The lowest BCUT2D eigenvalue weighted by molar-refractivity contribution is -0.138. The van der Waals surface area contributed by atoms with Crippen molar-refractivity contribution < 1.29 is 20.1 Å². The van der Waals surface area contributed by atoms with Crippen LogP contribution in [0.15, 0.2) is 18.2 Å². The molecule has 5 heteroatoms. The maximum atomic E-state index is 10.7. The van der Waals surface area contributed by atoms with Crippen LogP contribution in [0.4, 0.5) is 0 Å². The topological polar surface area (TPSA) is 81.0 Å². The number of benzene rings is 1. The lowest BCUT2D eigenvalue weighted by Crippen LogP contribution is -2.30. The highest BCUT2D eigenvalue weighted by atomic mass is 16.4. The first-order valence-electron chi connectivity index (χ1n) is 5.48. The molecule has 3 N–H and O–H groups in total. The fourth-order valence-electron chi connectivity index (χ4n) is 1.65. The van der Waals surface area contributed by atoms with Crippen LogP contribution < -0.4 is 0 Å². The van der Waals surface area contributed by atoms with Gasteiger partial charge in [-0.05, 0) is 19.0 Å². The zero-order valence-electron chi connectivity index (χ0n) is 9.76. The van der Waals surface area contributed by atoms with Crippen molar-refractivity contribution in [1.82, 2.24) is 4.90 Å². The van der Waals surface area contributed by atoms with Crippen LogP contribution in [-0.4, -0.2) is 39.3 Å². The number of carboxylic acids is 1. The summed E-state index contributed by atoms with van der Waals surface area (Å²) in [5, 5.41) is 27.5. The minimum atomic E-state index is -0.892. The number of carbonyl (C=O) groups is 1. The Kier molecular flexibility index (Phi) is 4.78. The number of rotatable bonds is 6. The van der Waals surface area contributed by atoms with Crippen molar-refractivity contribution in [2.24, 2.45) is 0 Å². The van der Waals surface area contributed by atoms with E-state index >= 15 is 0 Å². The molecule has 0 atom stereocenters. The Morgan fingerprint density at radius 2 is 2.06 bits per heavy atom. The van der Waals surface area contributed by atoms with Crippen LogP contribution >= 0.6 is 0 Å². The molecule has 1 aromatic rings. The number of phenolic OH excluding ortho intramolecular Hbond substituents is 2. The summed E-state index contributed by atoms with van der Waals surface area (Å²) in [7, 11) is 0. The van der Waals surface area contributed by atoms with Crippen LogP contribution in [0.1, 0.15) is 18.9 Å². The fraction of sp³-hybridized carbons (Fsp3) is 0.417. The molecule has 0 unspecified atom stereocenters. The highest BCUT2D eigenvalue weighted by molar-refractivity contribution is 5.69. The van der Waals surface area contributed by atoms with E-state index in [-0.39, 0.29) is 18.0 Å². The number of hydrogen-bond donors (Lipinski definition) is 3. The normalized spacial score (nSPS) is 10.7. The Morgan fingerprint density at radius 1 is 1.35 bits per heavy atom. The Hall–Kier alpha value is -1.75. The molecule has 0 spiro atoms. The first kappa shape index (κ1) is 13.3. The van der Waals surface area contributed by atoms with E-state index in [1.165, 1.54) is 12.1 Å². The number of phenols is 2. The average Bonchev–Trinajstić information content (AvgIpc) is 2.21. The molecular weight excluding hydrogens is 222 g/mol. The number of aliphatic carboxylic acids is 1. The van der Waals surface area contributed by atoms with Gasteiger partial charge in [-0.3, -0.25) is 9.69 Å². The van der Waals surface area contributed by atoms with E-state index in [0.29, 0.717) is 18.7 Å². The summed E-state index contributed by atoms with van der Waals surface area (Å²) in [6, 6.07) is 4.31. The molecule has 0 aliphatic carbocycles. The molecule has 1 rings (SSSR count). The first-order valence-corrected chi connectivity index (χ1v) is 5.48. The number of nitrogens with zero attached hydrogens (tertiary/aromatic N) is 1. The molecule has 94 valence electrons. The lowest BCUT2D eigenvalue weighted by atomic mass is 10.1. The van der Waals surface area contributed by atoms with Crippen LogP contribution in [-0.2, 0) is 11.3 Å². The van der Waals surface area contributed by atoms with Gasteiger partial charge in [-0.1, -0.05) is 13.0 Å². The van der Waals surface area contributed by atoms with E-state index < -0.39 is 5.97 Å². The Morgan fingerprint density at radius 3 is 2.59 bits per heavy atom. The molecule has 17 heavy (non-hydrogen) atoms. The first-order chi connectivity index (χ1) is 8.02. The van der Waals surface area contributed by atoms with Gasteiger partial charge in [0.25, 0.3) is 0 Å². The second-order valence-electron chi connectivity index (χ2n) is 3.92. The van der Waals surface area contributed by atoms with Gasteiger partial charge in [-0.15, -0.1) is 0 Å². The smallest absolute Gasteiger partial charge is 0.317 e. The minimum absolute atomic E-state index is 0.00785. The standard InChI is InChI=1S/C12H17NO4/c1-2-5-13(8-12(16)17)7-9-3-4-10(14)6-11(9)15/h3-4,6,14-15H,2,5,7-8H2,1H3,(H,16,17). The van der Waals surface area contributed by atoms with Gasteiger partial charge in [-0.2, -0.15) is 0 Å².